The molecule has 148 valence electrons. The lowest BCUT2D eigenvalue weighted by molar-refractivity contribution is -0.114. The average molecular weight is 380 g/mol. The second kappa shape index (κ2) is 9.02. The Kier molecular flexibility index (Phi) is 6.47. The number of rotatable bonds is 5. The number of amides is 2. The highest BCUT2D eigenvalue weighted by molar-refractivity contribution is 5.96. The minimum Gasteiger partial charge on any atom is -0.336 e. The van der Waals surface area contributed by atoms with E-state index in [-0.39, 0.29) is 11.8 Å². The molecule has 0 radical (unpaired) electrons. The van der Waals surface area contributed by atoms with Gasteiger partial charge in [-0.1, -0.05) is 44.2 Å². The van der Waals surface area contributed by atoms with Crippen molar-refractivity contribution < 1.29 is 9.59 Å². The third kappa shape index (κ3) is 5.20. The Bertz CT molecular complexity index is 822. The Morgan fingerprint density at radius 1 is 1.00 bits per heavy atom. The minimum atomic E-state index is -0.139. The quantitative estimate of drug-likeness (QED) is 0.861. The van der Waals surface area contributed by atoms with Crippen molar-refractivity contribution in [2.75, 3.05) is 31.5 Å². The molecule has 0 bridgehead atoms. The molecule has 1 heterocycles. The highest BCUT2D eigenvalue weighted by atomic mass is 16.2. The van der Waals surface area contributed by atoms with Crippen LogP contribution in [0.2, 0.25) is 0 Å². The van der Waals surface area contributed by atoms with Crippen LogP contribution in [0, 0.1) is 0 Å². The molecule has 28 heavy (non-hydrogen) atoms. The van der Waals surface area contributed by atoms with Gasteiger partial charge in [-0.05, 0) is 35.2 Å². The van der Waals surface area contributed by atoms with Gasteiger partial charge >= 0.3 is 0 Å². The lowest BCUT2D eigenvalue weighted by Gasteiger charge is -2.35. The molecule has 1 fully saturated rings. The predicted molar refractivity (Wildman–Crippen MR) is 112 cm³/mol. The molecule has 0 saturated carbocycles. The SMILES string of the molecule is CC(=O)Nc1cccc(C(=O)N2CCN(Cc3ccc(C(C)C)cc3)CC2)c1. The van der Waals surface area contributed by atoms with Gasteiger partial charge in [-0.2, -0.15) is 0 Å². The molecule has 3 rings (SSSR count). The number of carbonyl (C=O) groups is 2. The normalized spacial score (nSPS) is 14.9. The summed E-state index contributed by atoms with van der Waals surface area (Å²) in [6.45, 7) is 9.95. The molecule has 1 N–H and O–H groups in total. The number of benzene rings is 2. The average Bonchev–Trinajstić information content (AvgIpc) is 2.68. The van der Waals surface area contributed by atoms with Gasteiger partial charge in [0.2, 0.25) is 5.91 Å². The van der Waals surface area contributed by atoms with Crippen molar-refractivity contribution in [1.29, 1.82) is 0 Å². The van der Waals surface area contributed by atoms with Crippen molar-refractivity contribution in [1.82, 2.24) is 9.80 Å². The maximum Gasteiger partial charge on any atom is 0.254 e. The summed E-state index contributed by atoms with van der Waals surface area (Å²) in [5.41, 5.74) is 3.94. The fourth-order valence-corrected chi connectivity index (χ4v) is 3.49. The van der Waals surface area contributed by atoms with Gasteiger partial charge in [0.15, 0.2) is 0 Å². The minimum absolute atomic E-state index is 0.0214. The summed E-state index contributed by atoms with van der Waals surface area (Å²) in [6.07, 6.45) is 0. The largest absolute Gasteiger partial charge is 0.336 e. The van der Waals surface area contributed by atoms with Gasteiger partial charge < -0.3 is 10.2 Å². The summed E-state index contributed by atoms with van der Waals surface area (Å²) in [5, 5.41) is 2.73. The van der Waals surface area contributed by atoms with Gasteiger partial charge in [0.1, 0.15) is 0 Å². The summed E-state index contributed by atoms with van der Waals surface area (Å²) in [7, 11) is 0. The monoisotopic (exact) mass is 379 g/mol. The van der Waals surface area contributed by atoms with E-state index in [0.29, 0.717) is 30.3 Å². The molecule has 0 aromatic heterocycles. The number of nitrogens with zero attached hydrogens (tertiary/aromatic N) is 2. The van der Waals surface area contributed by atoms with Crippen molar-refractivity contribution in [3.8, 4) is 0 Å². The second-order valence-corrected chi connectivity index (χ2v) is 7.73. The van der Waals surface area contributed by atoms with E-state index in [1.54, 1.807) is 24.3 Å². The first-order chi connectivity index (χ1) is 13.4. The fourth-order valence-electron chi connectivity index (χ4n) is 3.49. The number of hydrogen-bond donors (Lipinski definition) is 1. The van der Waals surface area contributed by atoms with Gasteiger partial charge in [0.25, 0.3) is 5.91 Å². The molecule has 1 saturated heterocycles. The van der Waals surface area contributed by atoms with E-state index in [4.69, 9.17) is 0 Å². The zero-order valence-corrected chi connectivity index (χ0v) is 16.9. The van der Waals surface area contributed by atoms with E-state index < -0.39 is 0 Å². The molecule has 1 aliphatic rings. The van der Waals surface area contributed by atoms with E-state index in [1.807, 2.05) is 4.90 Å². The zero-order chi connectivity index (χ0) is 20.1. The van der Waals surface area contributed by atoms with Crippen LogP contribution in [0.1, 0.15) is 48.2 Å². The molecule has 5 nitrogen and oxygen atoms in total. The lowest BCUT2D eigenvalue weighted by atomic mass is 10.0. The first-order valence-electron chi connectivity index (χ1n) is 9.90. The van der Waals surface area contributed by atoms with Crippen LogP contribution in [0.5, 0.6) is 0 Å². The predicted octanol–water partition coefficient (Wildman–Crippen LogP) is 3.73. The van der Waals surface area contributed by atoms with Crippen LogP contribution in [0.3, 0.4) is 0 Å². The summed E-state index contributed by atoms with van der Waals surface area (Å²) < 4.78 is 0. The van der Waals surface area contributed by atoms with Gasteiger partial charge in [-0.25, -0.2) is 0 Å². The highest BCUT2D eigenvalue weighted by Gasteiger charge is 2.22. The maximum atomic E-state index is 12.8. The van der Waals surface area contributed by atoms with Crippen LogP contribution in [0.4, 0.5) is 5.69 Å². The number of nitrogens with one attached hydrogen (secondary N) is 1. The fraction of sp³-hybridized carbons (Fsp3) is 0.391. The van der Waals surface area contributed by atoms with E-state index in [9.17, 15) is 9.59 Å². The number of anilines is 1. The summed E-state index contributed by atoms with van der Waals surface area (Å²) >= 11 is 0. The van der Waals surface area contributed by atoms with Crippen molar-refractivity contribution >= 4 is 17.5 Å². The molecule has 2 aromatic rings. The smallest absolute Gasteiger partial charge is 0.254 e. The van der Waals surface area contributed by atoms with E-state index in [1.165, 1.54) is 18.1 Å². The van der Waals surface area contributed by atoms with Crippen molar-refractivity contribution in [3.05, 3.63) is 65.2 Å². The number of piperazine rings is 1. The Morgan fingerprint density at radius 3 is 2.29 bits per heavy atom. The van der Waals surface area contributed by atoms with Gasteiger partial charge in [-0.15, -0.1) is 0 Å². The molecule has 0 unspecified atom stereocenters. The van der Waals surface area contributed by atoms with Crippen LogP contribution >= 0.6 is 0 Å². The van der Waals surface area contributed by atoms with Crippen LogP contribution in [-0.2, 0) is 11.3 Å². The summed E-state index contributed by atoms with van der Waals surface area (Å²) in [4.78, 5) is 28.3. The molecular formula is C23H29N3O2. The maximum absolute atomic E-state index is 12.8. The second-order valence-electron chi connectivity index (χ2n) is 7.73. The molecule has 2 amide bonds. The Morgan fingerprint density at radius 2 is 1.68 bits per heavy atom. The van der Waals surface area contributed by atoms with Crippen LogP contribution in [-0.4, -0.2) is 47.8 Å². The first-order valence-corrected chi connectivity index (χ1v) is 9.90. The standard InChI is InChI=1S/C23H29N3O2/c1-17(2)20-9-7-19(8-10-20)16-25-11-13-26(14-12-25)23(28)21-5-4-6-22(15-21)24-18(3)27/h4-10,15,17H,11-14,16H2,1-3H3,(H,24,27). The zero-order valence-electron chi connectivity index (χ0n) is 16.9. The Hall–Kier alpha value is -2.66. The van der Waals surface area contributed by atoms with Crippen molar-refractivity contribution in [3.63, 3.8) is 0 Å². The molecule has 2 aromatic carbocycles. The van der Waals surface area contributed by atoms with Crippen molar-refractivity contribution in [2.45, 2.75) is 33.2 Å². The summed E-state index contributed by atoms with van der Waals surface area (Å²) in [6, 6.07) is 16.0. The van der Waals surface area contributed by atoms with Crippen LogP contribution in [0.25, 0.3) is 0 Å². The third-order valence-electron chi connectivity index (χ3n) is 5.14. The Labute approximate surface area is 167 Å². The topological polar surface area (TPSA) is 52.7 Å². The van der Waals surface area contributed by atoms with Crippen molar-refractivity contribution in [2.24, 2.45) is 0 Å². The lowest BCUT2D eigenvalue weighted by Crippen LogP contribution is -2.48. The summed E-state index contributed by atoms with van der Waals surface area (Å²) in [5.74, 6) is 0.431. The highest BCUT2D eigenvalue weighted by Crippen LogP contribution is 2.17. The molecular weight excluding hydrogens is 350 g/mol. The van der Waals surface area contributed by atoms with E-state index in [0.717, 1.165) is 19.6 Å². The van der Waals surface area contributed by atoms with E-state index >= 15 is 0 Å². The van der Waals surface area contributed by atoms with Gasteiger partial charge in [-0.3, -0.25) is 14.5 Å². The first kappa shape index (κ1) is 20.1. The number of carbonyl (C=O) groups excluding carboxylic acids is 2. The Balaban J connectivity index is 1.54. The van der Waals surface area contributed by atoms with E-state index in [2.05, 4.69) is 48.3 Å². The molecule has 5 heteroatoms. The van der Waals surface area contributed by atoms with Gasteiger partial charge in [0, 0.05) is 50.9 Å². The van der Waals surface area contributed by atoms with Gasteiger partial charge in [0.05, 0.1) is 0 Å². The molecule has 0 atom stereocenters. The van der Waals surface area contributed by atoms with Crippen LogP contribution in [0.15, 0.2) is 48.5 Å². The van der Waals surface area contributed by atoms with Crippen LogP contribution < -0.4 is 5.32 Å². The molecule has 0 spiro atoms. The molecule has 1 aliphatic heterocycles. The number of hydrogen-bond acceptors (Lipinski definition) is 3. The molecule has 0 aliphatic carbocycles. The third-order valence-corrected chi connectivity index (χ3v) is 5.14.